The molecule has 4 bridgehead atoms. The van der Waals surface area contributed by atoms with Crippen LogP contribution in [0.4, 0.5) is 5.69 Å². The summed E-state index contributed by atoms with van der Waals surface area (Å²) < 4.78 is 13.6. The van der Waals surface area contributed by atoms with Crippen LogP contribution in [0.3, 0.4) is 0 Å². The minimum Gasteiger partial charge on any atom is -0.490 e. The van der Waals surface area contributed by atoms with Crippen LogP contribution in [-0.2, 0) is 22.5 Å². The largest absolute Gasteiger partial charge is 0.490 e. The van der Waals surface area contributed by atoms with Gasteiger partial charge in [0.05, 0.1) is 28.5 Å². The van der Waals surface area contributed by atoms with Crippen molar-refractivity contribution in [2.24, 2.45) is 0 Å². The van der Waals surface area contributed by atoms with Gasteiger partial charge in [0.2, 0.25) is 0 Å². The minimum absolute atomic E-state index is 0.143. The number of aromatic nitrogens is 3. The third-order valence-electron chi connectivity index (χ3n) is 7.92. The Balaban J connectivity index is 1.60. The summed E-state index contributed by atoms with van der Waals surface area (Å²) in [6, 6.07) is 13.3. The number of carbonyl (C=O) groups excluding carboxylic acids is 1. The number of allylic oxidation sites excluding steroid dienone is 1. The van der Waals surface area contributed by atoms with E-state index in [9.17, 15) is 14.7 Å². The van der Waals surface area contributed by atoms with Crippen molar-refractivity contribution < 1.29 is 24.2 Å². The van der Waals surface area contributed by atoms with E-state index in [0.29, 0.717) is 70.9 Å². The number of carboxylic acids is 1. The highest BCUT2D eigenvalue weighted by Gasteiger charge is 2.35. The number of aliphatic carboxylic acids is 1. The van der Waals surface area contributed by atoms with Gasteiger partial charge in [-0.3, -0.25) is 4.79 Å². The van der Waals surface area contributed by atoms with Crippen molar-refractivity contribution in [1.29, 1.82) is 0 Å². The van der Waals surface area contributed by atoms with Crippen molar-refractivity contribution in [3.8, 4) is 17.0 Å². The molecule has 1 atom stereocenters. The zero-order valence-electron chi connectivity index (χ0n) is 25.8. The van der Waals surface area contributed by atoms with E-state index in [1.165, 1.54) is 4.52 Å². The van der Waals surface area contributed by atoms with Crippen LogP contribution in [0.1, 0.15) is 66.2 Å². The summed E-state index contributed by atoms with van der Waals surface area (Å²) in [6.45, 7) is 9.19. The lowest BCUT2D eigenvalue weighted by molar-refractivity contribution is -0.160. The molecule has 1 amide bonds. The van der Waals surface area contributed by atoms with E-state index in [0.717, 1.165) is 24.0 Å². The summed E-state index contributed by atoms with van der Waals surface area (Å²) in [5, 5.41) is 18.5. The number of amides is 1. The van der Waals surface area contributed by atoms with Crippen LogP contribution in [0.5, 0.6) is 5.75 Å². The van der Waals surface area contributed by atoms with E-state index >= 15 is 0 Å². The van der Waals surface area contributed by atoms with Gasteiger partial charge in [0, 0.05) is 36.0 Å². The number of aryl methyl sites for hydroxylation is 2. The van der Waals surface area contributed by atoms with Gasteiger partial charge in [-0.1, -0.05) is 48.0 Å². The first-order valence-electron chi connectivity index (χ1n) is 15.0. The second-order valence-electron chi connectivity index (χ2n) is 12.2. The van der Waals surface area contributed by atoms with Crippen molar-refractivity contribution in [3.63, 3.8) is 0 Å². The molecule has 0 fully saturated rings. The normalized spacial score (nSPS) is 16.0. The smallest absolute Gasteiger partial charge is 0.337 e. The quantitative estimate of drug-likeness (QED) is 0.268. The monoisotopic (exact) mass is 629 g/mol. The van der Waals surface area contributed by atoms with Crippen LogP contribution in [0.25, 0.3) is 16.9 Å². The molecule has 2 N–H and O–H groups in total. The third-order valence-corrected chi connectivity index (χ3v) is 8.30. The topological polar surface area (TPSA) is 118 Å². The molecule has 0 spiro atoms. The molecule has 0 radical (unpaired) electrons. The van der Waals surface area contributed by atoms with Gasteiger partial charge >= 0.3 is 5.97 Å². The maximum atomic E-state index is 13.5. The Morgan fingerprint density at radius 1 is 1.16 bits per heavy atom. The fourth-order valence-corrected chi connectivity index (χ4v) is 6.27. The number of fused-ring (bicyclic) bond motifs is 4. The van der Waals surface area contributed by atoms with Crippen molar-refractivity contribution >= 4 is 34.8 Å². The highest BCUT2D eigenvalue weighted by atomic mass is 35.5. The van der Waals surface area contributed by atoms with Crippen molar-refractivity contribution in [3.05, 3.63) is 87.7 Å². The Morgan fingerprint density at radius 3 is 2.69 bits per heavy atom. The van der Waals surface area contributed by atoms with Gasteiger partial charge in [0.25, 0.3) is 5.91 Å². The van der Waals surface area contributed by atoms with Crippen LogP contribution in [-0.4, -0.2) is 56.9 Å². The highest BCUT2D eigenvalue weighted by molar-refractivity contribution is 6.36. The van der Waals surface area contributed by atoms with Gasteiger partial charge in [-0.05, 0) is 63.8 Å². The van der Waals surface area contributed by atoms with Gasteiger partial charge in [-0.2, -0.15) is 5.10 Å². The standard InChI is InChI=1S/C34H36ClN5O5/c1-20-27(31(33(42)43)45-34(2,3)4)29-23-13-14-25-30(28(23)35)39(16-17-44-25)15-9-5-6-10-21-11-7-8-12-22(21)19-36-32(41)24-18-26(37-20)40(29)38-24/h5,7-9,11-14,18,31H,6,10,15-17,19H2,1-4H3,(H,36,41)(H,42,43)/t31-/m0/s1. The molecule has 0 saturated carbocycles. The summed E-state index contributed by atoms with van der Waals surface area (Å²) in [6.07, 6.45) is 4.56. The Hall–Kier alpha value is -4.41. The van der Waals surface area contributed by atoms with E-state index in [1.54, 1.807) is 39.8 Å². The number of nitrogens with zero attached hydrogens (tertiary/aromatic N) is 4. The van der Waals surface area contributed by atoms with E-state index in [1.807, 2.05) is 24.3 Å². The molecule has 2 aliphatic heterocycles. The molecule has 4 aromatic rings. The lowest BCUT2D eigenvalue weighted by atomic mass is 9.97. The number of benzene rings is 2. The molecule has 2 aromatic carbocycles. The molecule has 2 aromatic heterocycles. The van der Waals surface area contributed by atoms with E-state index in [2.05, 4.69) is 33.5 Å². The minimum atomic E-state index is -1.39. The number of hydrogen-bond donors (Lipinski definition) is 2. The van der Waals surface area contributed by atoms with Crippen LogP contribution in [0, 0.1) is 6.92 Å². The number of carboxylic acid groups (broad SMARTS) is 1. The van der Waals surface area contributed by atoms with Gasteiger partial charge < -0.3 is 24.8 Å². The summed E-state index contributed by atoms with van der Waals surface area (Å²) in [5.74, 6) is -0.923. The SMILES string of the molecule is Cc1nc2cc3nn2c(c1[C@H](OC(C)(C)C)C(=O)O)-c1ccc2c(c1Cl)N(CC=CCCc1ccccc1CNC3=O)CCO2. The molecule has 2 aliphatic rings. The third kappa shape index (κ3) is 6.12. The first-order valence-corrected chi connectivity index (χ1v) is 15.4. The molecular weight excluding hydrogens is 594 g/mol. The van der Waals surface area contributed by atoms with Crippen molar-refractivity contribution in [2.45, 2.75) is 58.8 Å². The number of halogens is 1. The zero-order valence-corrected chi connectivity index (χ0v) is 26.5. The predicted octanol–water partition coefficient (Wildman–Crippen LogP) is 5.93. The van der Waals surface area contributed by atoms with Crippen LogP contribution in [0.15, 0.2) is 54.6 Å². The Kier molecular flexibility index (Phi) is 8.28. The first-order chi connectivity index (χ1) is 21.5. The Labute approximate surface area is 266 Å². The second kappa shape index (κ2) is 12.2. The number of hydrogen-bond acceptors (Lipinski definition) is 7. The molecule has 45 heavy (non-hydrogen) atoms. The van der Waals surface area contributed by atoms with Crippen LogP contribution >= 0.6 is 11.6 Å². The molecule has 0 saturated heterocycles. The van der Waals surface area contributed by atoms with Gasteiger partial charge in [0.1, 0.15) is 12.4 Å². The molecule has 0 aliphatic carbocycles. The summed E-state index contributed by atoms with van der Waals surface area (Å²) in [5.41, 5.74) is 4.24. The van der Waals surface area contributed by atoms with E-state index < -0.39 is 17.7 Å². The predicted molar refractivity (Wildman–Crippen MR) is 172 cm³/mol. The molecule has 10 nitrogen and oxygen atoms in total. The Bertz CT molecular complexity index is 1830. The molecule has 0 unspecified atom stereocenters. The molecule has 11 heteroatoms. The number of carbonyl (C=O) groups is 2. The molecular formula is C34H36ClN5O5. The maximum absolute atomic E-state index is 13.5. The van der Waals surface area contributed by atoms with Crippen LogP contribution in [0.2, 0.25) is 5.02 Å². The van der Waals surface area contributed by atoms with Gasteiger partial charge in [-0.15, -0.1) is 0 Å². The number of nitrogens with one attached hydrogen (secondary N) is 1. The van der Waals surface area contributed by atoms with E-state index in [-0.39, 0.29) is 11.6 Å². The zero-order chi connectivity index (χ0) is 31.9. The summed E-state index contributed by atoms with van der Waals surface area (Å²) in [4.78, 5) is 33.1. The molecule has 234 valence electrons. The molecule has 6 rings (SSSR count). The molecule has 4 heterocycles. The van der Waals surface area contributed by atoms with Gasteiger partial charge in [-0.25, -0.2) is 14.3 Å². The van der Waals surface area contributed by atoms with Crippen molar-refractivity contribution in [2.75, 3.05) is 24.6 Å². The fraction of sp³-hybridized carbons (Fsp3) is 0.353. The fourth-order valence-electron chi connectivity index (χ4n) is 5.90. The highest BCUT2D eigenvalue weighted by Crippen LogP contribution is 2.46. The lowest BCUT2D eigenvalue weighted by Crippen LogP contribution is -2.33. The number of ether oxygens (including phenoxy) is 2. The van der Waals surface area contributed by atoms with Gasteiger partial charge in [0.15, 0.2) is 17.4 Å². The average molecular weight is 630 g/mol. The van der Waals surface area contributed by atoms with Crippen LogP contribution < -0.4 is 15.0 Å². The summed E-state index contributed by atoms with van der Waals surface area (Å²) >= 11 is 7.25. The number of rotatable bonds is 3. The average Bonchev–Trinajstić information content (AvgIpc) is 3.42. The Morgan fingerprint density at radius 2 is 1.93 bits per heavy atom. The number of anilines is 1. The maximum Gasteiger partial charge on any atom is 0.337 e. The van der Waals surface area contributed by atoms with Crippen molar-refractivity contribution in [1.82, 2.24) is 19.9 Å². The summed E-state index contributed by atoms with van der Waals surface area (Å²) in [7, 11) is 0. The van der Waals surface area contributed by atoms with E-state index in [4.69, 9.17) is 26.1 Å². The lowest BCUT2D eigenvalue weighted by Gasteiger charge is -2.32. The first kappa shape index (κ1) is 30.6. The second-order valence-corrected chi connectivity index (χ2v) is 12.6.